The summed E-state index contributed by atoms with van der Waals surface area (Å²) in [4.78, 5) is 12.0. The number of aliphatic hydroxyl groups excluding tert-OH is 1. The van der Waals surface area contributed by atoms with Crippen molar-refractivity contribution >= 4 is 5.97 Å². The second-order valence-electron chi connectivity index (χ2n) is 5.14. The molecule has 4 heteroatoms. The van der Waals surface area contributed by atoms with Crippen molar-refractivity contribution in [3.05, 3.63) is 35.4 Å². The van der Waals surface area contributed by atoms with Crippen molar-refractivity contribution in [1.29, 1.82) is 0 Å². The first-order valence-electron chi connectivity index (χ1n) is 6.93. The summed E-state index contributed by atoms with van der Waals surface area (Å²) in [5.41, 5.74) is 1.75. The molecule has 0 fully saturated rings. The van der Waals surface area contributed by atoms with Crippen LogP contribution in [0.2, 0.25) is 0 Å². The van der Waals surface area contributed by atoms with Gasteiger partial charge in [-0.15, -0.1) is 0 Å². The van der Waals surface area contributed by atoms with Gasteiger partial charge in [0.25, 0.3) is 0 Å². The fourth-order valence-electron chi connectivity index (χ4n) is 2.19. The SMILES string of the molecule is CCOC(=O)C(C(C)C)C(O)c1ccc(COC)cc1. The Kier molecular flexibility index (Phi) is 6.68. The van der Waals surface area contributed by atoms with Gasteiger partial charge >= 0.3 is 5.97 Å². The lowest BCUT2D eigenvalue weighted by Gasteiger charge is -2.24. The van der Waals surface area contributed by atoms with Crippen LogP contribution in [0.5, 0.6) is 0 Å². The highest BCUT2D eigenvalue weighted by Gasteiger charge is 2.32. The highest BCUT2D eigenvalue weighted by molar-refractivity contribution is 5.73. The maximum absolute atomic E-state index is 12.0. The Bertz CT molecular complexity index is 411. The number of hydrogen-bond donors (Lipinski definition) is 1. The summed E-state index contributed by atoms with van der Waals surface area (Å²) in [6, 6.07) is 7.44. The van der Waals surface area contributed by atoms with Gasteiger partial charge in [0.1, 0.15) is 0 Å². The summed E-state index contributed by atoms with van der Waals surface area (Å²) >= 11 is 0. The van der Waals surface area contributed by atoms with Crippen LogP contribution in [0.3, 0.4) is 0 Å². The highest BCUT2D eigenvalue weighted by Crippen LogP contribution is 2.29. The molecule has 4 nitrogen and oxygen atoms in total. The first kappa shape index (κ1) is 16.7. The normalized spacial score (nSPS) is 14.1. The van der Waals surface area contributed by atoms with Gasteiger partial charge in [-0.2, -0.15) is 0 Å². The molecule has 0 amide bonds. The third-order valence-corrected chi connectivity index (χ3v) is 3.25. The van der Waals surface area contributed by atoms with Gasteiger partial charge in [-0.1, -0.05) is 38.1 Å². The summed E-state index contributed by atoms with van der Waals surface area (Å²) in [5.74, 6) is -0.901. The monoisotopic (exact) mass is 280 g/mol. The van der Waals surface area contributed by atoms with Gasteiger partial charge in [0.05, 0.1) is 25.2 Å². The lowest BCUT2D eigenvalue weighted by Crippen LogP contribution is -2.29. The fraction of sp³-hybridized carbons (Fsp3) is 0.562. The number of hydrogen-bond acceptors (Lipinski definition) is 4. The fourth-order valence-corrected chi connectivity index (χ4v) is 2.19. The third-order valence-electron chi connectivity index (χ3n) is 3.25. The van der Waals surface area contributed by atoms with E-state index >= 15 is 0 Å². The van der Waals surface area contributed by atoms with E-state index in [9.17, 15) is 9.90 Å². The van der Waals surface area contributed by atoms with E-state index in [4.69, 9.17) is 9.47 Å². The predicted molar refractivity (Wildman–Crippen MR) is 77.1 cm³/mol. The van der Waals surface area contributed by atoms with Crippen molar-refractivity contribution in [2.24, 2.45) is 11.8 Å². The van der Waals surface area contributed by atoms with E-state index in [0.29, 0.717) is 13.2 Å². The Morgan fingerprint density at radius 3 is 2.30 bits per heavy atom. The largest absolute Gasteiger partial charge is 0.466 e. The van der Waals surface area contributed by atoms with E-state index in [1.54, 1.807) is 14.0 Å². The van der Waals surface area contributed by atoms with E-state index in [1.165, 1.54) is 0 Å². The first-order chi connectivity index (χ1) is 9.51. The van der Waals surface area contributed by atoms with Crippen molar-refractivity contribution in [2.45, 2.75) is 33.5 Å². The summed E-state index contributed by atoms with van der Waals surface area (Å²) in [5, 5.41) is 10.4. The lowest BCUT2D eigenvalue weighted by atomic mass is 9.86. The molecule has 1 aromatic rings. The van der Waals surface area contributed by atoms with Crippen molar-refractivity contribution in [3.8, 4) is 0 Å². The smallest absolute Gasteiger partial charge is 0.312 e. The Hall–Kier alpha value is -1.39. The molecule has 112 valence electrons. The molecule has 0 bridgehead atoms. The quantitative estimate of drug-likeness (QED) is 0.780. The number of carbonyl (C=O) groups excluding carboxylic acids is 1. The molecule has 0 aliphatic carbocycles. The van der Waals surface area contributed by atoms with E-state index < -0.39 is 12.0 Å². The van der Waals surface area contributed by atoms with Crippen molar-refractivity contribution in [2.75, 3.05) is 13.7 Å². The molecule has 0 spiro atoms. The summed E-state index contributed by atoms with van der Waals surface area (Å²) < 4.78 is 10.1. The number of aliphatic hydroxyl groups is 1. The summed E-state index contributed by atoms with van der Waals surface area (Å²) in [6.45, 7) is 6.43. The maximum atomic E-state index is 12.0. The van der Waals surface area contributed by atoms with Crippen LogP contribution in [0.15, 0.2) is 24.3 Å². The van der Waals surface area contributed by atoms with Gasteiger partial charge in [0.2, 0.25) is 0 Å². The zero-order valence-electron chi connectivity index (χ0n) is 12.6. The van der Waals surface area contributed by atoms with Crippen LogP contribution in [-0.4, -0.2) is 24.8 Å². The van der Waals surface area contributed by atoms with Crippen LogP contribution in [-0.2, 0) is 20.9 Å². The number of ether oxygens (including phenoxy) is 2. The molecule has 0 aliphatic rings. The van der Waals surface area contributed by atoms with E-state index in [-0.39, 0.29) is 11.9 Å². The first-order valence-corrected chi connectivity index (χ1v) is 6.93. The number of rotatable bonds is 7. The van der Waals surface area contributed by atoms with Crippen LogP contribution in [0.4, 0.5) is 0 Å². The Morgan fingerprint density at radius 1 is 1.25 bits per heavy atom. The van der Waals surface area contributed by atoms with E-state index in [0.717, 1.165) is 11.1 Å². The lowest BCUT2D eigenvalue weighted by molar-refractivity contribution is -0.154. The molecule has 2 unspecified atom stereocenters. The highest BCUT2D eigenvalue weighted by atomic mass is 16.5. The molecule has 0 saturated carbocycles. The van der Waals surface area contributed by atoms with Crippen LogP contribution >= 0.6 is 0 Å². The van der Waals surface area contributed by atoms with Crippen LogP contribution in [0.25, 0.3) is 0 Å². The average Bonchev–Trinajstić information content (AvgIpc) is 2.40. The number of methoxy groups -OCH3 is 1. The minimum atomic E-state index is -0.856. The van der Waals surface area contributed by atoms with Gasteiger partial charge in [0.15, 0.2) is 0 Å². The summed E-state index contributed by atoms with van der Waals surface area (Å²) in [7, 11) is 1.64. The van der Waals surface area contributed by atoms with Crippen LogP contribution in [0.1, 0.15) is 38.0 Å². The molecule has 2 atom stereocenters. The minimum absolute atomic E-state index is 0.00250. The van der Waals surface area contributed by atoms with Crippen molar-refractivity contribution in [1.82, 2.24) is 0 Å². The van der Waals surface area contributed by atoms with Crippen molar-refractivity contribution < 1.29 is 19.4 Å². The van der Waals surface area contributed by atoms with Gasteiger partial charge < -0.3 is 14.6 Å². The molecule has 0 radical (unpaired) electrons. The Balaban J connectivity index is 2.88. The molecule has 0 saturated heterocycles. The van der Waals surface area contributed by atoms with E-state index in [2.05, 4.69) is 0 Å². The Morgan fingerprint density at radius 2 is 1.85 bits per heavy atom. The molecule has 1 rings (SSSR count). The second-order valence-corrected chi connectivity index (χ2v) is 5.14. The van der Waals surface area contributed by atoms with Crippen LogP contribution < -0.4 is 0 Å². The zero-order valence-corrected chi connectivity index (χ0v) is 12.6. The molecule has 0 aromatic heterocycles. The van der Waals surface area contributed by atoms with Crippen LogP contribution in [0, 0.1) is 11.8 Å². The number of benzene rings is 1. The second kappa shape index (κ2) is 8.02. The summed E-state index contributed by atoms with van der Waals surface area (Å²) in [6.07, 6.45) is -0.856. The molecule has 1 N–H and O–H groups in total. The average molecular weight is 280 g/mol. The number of carbonyl (C=O) groups is 1. The Labute approximate surface area is 120 Å². The van der Waals surface area contributed by atoms with Gasteiger partial charge in [-0.25, -0.2) is 0 Å². The molecular formula is C16H24O4. The topological polar surface area (TPSA) is 55.8 Å². The maximum Gasteiger partial charge on any atom is 0.312 e. The molecule has 20 heavy (non-hydrogen) atoms. The van der Waals surface area contributed by atoms with Gasteiger partial charge in [0, 0.05) is 7.11 Å². The van der Waals surface area contributed by atoms with Gasteiger partial charge in [-0.05, 0) is 24.0 Å². The van der Waals surface area contributed by atoms with Crippen molar-refractivity contribution in [3.63, 3.8) is 0 Å². The standard InChI is InChI=1S/C16H24O4/c1-5-20-16(18)14(11(2)3)15(17)13-8-6-12(7-9-13)10-19-4/h6-9,11,14-15,17H,5,10H2,1-4H3. The molecule has 0 heterocycles. The van der Waals surface area contributed by atoms with E-state index in [1.807, 2.05) is 38.1 Å². The van der Waals surface area contributed by atoms with Gasteiger partial charge in [-0.3, -0.25) is 4.79 Å². The predicted octanol–water partition coefficient (Wildman–Crippen LogP) is 2.70. The molecule has 0 aliphatic heterocycles. The molecular weight excluding hydrogens is 256 g/mol. The minimum Gasteiger partial charge on any atom is -0.466 e. The zero-order chi connectivity index (χ0) is 15.1. The third kappa shape index (κ3) is 4.32. The number of esters is 1. The molecule has 1 aromatic carbocycles.